The van der Waals surface area contributed by atoms with Crippen molar-refractivity contribution in [1.82, 2.24) is 20.0 Å². The van der Waals surface area contributed by atoms with Gasteiger partial charge >= 0.3 is 0 Å². The Morgan fingerprint density at radius 1 is 0.941 bits per heavy atom. The predicted octanol–water partition coefficient (Wildman–Crippen LogP) is 4.24. The predicted molar refractivity (Wildman–Crippen MR) is 128 cm³/mol. The van der Waals surface area contributed by atoms with Gasteiger partial charge in [-0.2, -0.15) is 5.10 Å². The fourth-order valence-electron chi connectivity index (χ4n) is 3.67. The second-order valence-corrected chi connectivity index (χ2v) is 8.10. The summed E-state index contributed by atoms with van der Waals surface area (Å²) in [6, 6.07) is 16.7. The van der Waals surface area contributed by atoms with Crippen LogP contribution in [0.1, 0.15) is 22.5 Å². The molecule has 0 unspecified atom stereocenters. The van der Waals surface area contributed by atoms with E-state index in [1.807, 2.05) is 75.4 Å². The first-order valence-corrected chi connectivity index (χ1v) is 10.9. The van der Waals surface area contributed by atoms with E-state index in [4.69, 9.17) is 9.47 Å². The maximum absolute atomic E-state index is 12.4. The number of benzene rings is 2. The van der Waals surface area contributed by atoms with E-state index in [0.29, 0.717) is 28.8 Å². The summed E-state index contributed by atoms with van der Waals surface area (Å²) in [5, 5.41) is 19.2. The van der Waals surface area contributed by atoms with Crippen molar-refractivity contribution in [3.8, 4) is 17.3 Å². The normalized spacial score (nSPS) is 12.0. The molecule has 1 aliphatic heterocycles. The van der Waals surface area contributed by atoms with Crippen LogP contribution in [-0.2, 0) is 11.2 Å². The van der Waals surface area contributed by atoms with Crippen LogP contribution in [0, 0.1) is 20.8 Å². The van der Waals surface area contributed by atoms with Crippen LogP contribution in [0.25, 0.3) is 5.82 Å². The van der Waals surface area contributed by atoms with Gasteiger partial charge in [0.25, 0.3) is 0 Å². The van der Waals surface area contributed by atoms with Crippen LogP contribution in [-0.4, -0.2) is 32.7 Å². The van der Waals surface area contributed by atoms with E-state index in [2.05, 4.69) is 25.9 Å². The first-order chi connectivity index (χ1) is 16.5. The van der Waals surface area contributed by atoms with Crippen LogP contribution < -0.4 is 20.1 Å². The molecule has 0 saturated heterocycles. The molecule has 9 nitrogen and oxygen atoms in total. The van der Waals surface area contributed by atoms with Crippen LogP contribution in [0.4, 0.5) is 17.2 Å². The Morgan fingerprint density at radius 2 is 1.71 bits per heavy atom. The second-order valence-electron chi connectivity index (χ2n) is 8.10. The molecule has 9 heteroatoms. The summed E-state index contributed by atoms with van der Waals surface area (Å²) < 4.78 is 12.5. The Bertz CT molecular complexity index is 1350. The average molecular weight is 457 g/mol. The lowest BCUT2D eigenvalue weighted by Crippen LogP contribution is -2.14. The molecule has 34 heavy (non-hydrogen) atoms. The summed E-state index contributed by atoms with van der Waals surface area (Å²) in [7, 11) is 0. The molecule has 0 aliphatic carbocycles. The molecule has 3 heterocycles. The first-order valence-electron chi connectivity index (χ1n) is 10.9. The van der Waals surface area contributed by atoms with Gasteiger partial charge in [-0.1, -0.05) is 6.07 Å². The first kappa shape index (κ1) is 21.4. The number of hydrogen-bond donors (Lipinski definition) is 2. The fraction of sp³-hybridized carbons (Fsp3) is 0.200. The highest BCUT2D eigenvalue weighted by atomic mass is 16.7. The lowest BCUT2D eigenvalue weighted by molar-refractivity contribution is -0.115. The number of nitrogens with zero attached hydrogens (tertiary/aromatic N) is 4. The number of carbonyl (C=O) groups is 1. The molecule has 1 aliphatic rings. The lowest BCUT2D eigenvalue weighted by Gasteiger charge is -2.09. The van der Waals surface area contributed by atoms with Gasteiger partial charge < -0.3 is 20.1 Å². The SMILES string of the molecule is Cc1nn(-c2ccc(Nc3ccc(NC(=O)Cc4ccc5c(c4)OCO5)cc3)nn2)c(C)c1C. The molecule has 2 aromatic heterocycles. The van der Waals surface area contributed by atoms with Crippen molar-refractivity contribution in [2.45, 2.75) is 27.2 Å². The molecule has 4 aromatic rings. The number of hydrogen-bond acceptors (Lipinski definition) is 7. The van der Waals surface area contributed by atoms with Gasteiger partial charge in [-0.05, 0) is 80.4 Å². The maximum Gasteiger partial charge on any atom is 0.231 e. The Labute approximate surface area is 196 Å². The summed E-state index contributed by atoms with van der Waals surface area (Å²) in [4.78, 5) is 12.4. The van der Waals surface area contributed by atoms with Crippen molar-refractivity contribution in [1.29, 1.82) is 0 Å². The van der Waals surface area contributed by atoms with Crippen molar-refractivity contribution < 1.29 is 14.3 Å². The van der Waals surface area contributed by atoms with Crippen molar-refractivity contribution in [3.05, 3.63) is 77.1 Å². The highest BCUT2D eigenvalue weighted by molar-refractivity contribution is 5.92. The minimum atomic E-state index is -0.111. The van der Waals surface area contributed by atoms with E-state index in [9.17, 15) is 4.79 Å². The van der Waals surface area contributed by atoms with E-state index < -0.39 is 0 Å². The van der Waals surface area contributed by atoms with E-state index in [1.165, 1.54) is 0 Å². The number of amides is 1. The van der Waals surface area contributed by atoms with Gasteiger partial charge in [-0.25, -0.2) is 4.68 Å². The minimum Gasteiger partial charge on any atom is -0.454 e. The molecule has 0 fully saturated rings. The molecule has 2 aromatic carbocycles. The van der Waals surface area contributed by atoms with Crippen molar-refractivity contribution in [2.24, 2.45) is 0 Å². The number of aryl methyl sites for hydroxylation is 1. The van der Waals surface area contributed by atoms with Crippen molar-refractivity contribution >= 4 is 23.1 Å². The van der Waals surface area contributed by atoms with E-state index in [1.54, 1.807) is 4.68 Å². The van der Waals surface area contributed by atoms with Gasteiger partial charge in [0, 0.05) is 17.1 Å². The molecular formula is C25H24N6O3. The molecule has 0 spiro atoms. The summed E-state index contributed by atoms with van der Waals surface area (Å²) in [5.41, 5.74) is 5.56. The molecule has 0 atom stereocenters. The quantitative estimate of drug-likeness (QED) is 0.447. The zero-order valence-corrected chi connectivity index (χ0v) is 19.1. The van der Waals surface area contributed by atoms with Gasteiger partial charge in [-0.15, -0.1) is 10.2 Å². The molecule has 2 N–H and O–H groups in total. The van der Waals surface area contributed by atoms with E-state index >= 15 is 0 Å². The average Bonchev–Trinajstić information content (AvgIpc) is 3.40. The number of fused-ring (bicyclic) bond motifs is 1. The van der Waals surface area contributed by atoms with Gasteiger partial charge in [0.1, 0.15) is 0 Å². The molecular weight excluding hydrogens is 432 g/mol. The molecule has 0 bridgehead atoms. The number of anilines is 3. The van der Waals surface area contributed by atoms with E-state index in [-0.39, 0.29) is 19.1 Å². The number of ether oxygens (including phenoxy) is 2. The third-order valence-corrected chi connectivity index (χ3v) is 5.76. The van der Waals surface area contributed by atoms with Crippen LogP contribution in [0.15, 0.2) is 54.6 Å². The zero-order valence-electron chi connectivity index (χ0n) is 19.1. The fourth-order valence-corrected chi connectivity index (χ4v) is 3.67. The van der Waals surface area contributed by atoms with Crippen LogP contribution in [0.3, 0.4) is 0 Å². The molecule has 0 radical (unpaired) electrons. The van der Waals surface area contributed by atoms with Gasteiger partial charge in [0.05, 0.1) is 12.1 Å². The van der Waals surface area contributed by atoms with Gasteiger partial charge in [-0.3, -0.25) is 4.79 Å². The van der Waals surface area contributed by atoms with Crippen molar-refractivity contribution in [3.63, 3.8) is 0 Å². The molecule has 0 saturated carbocycles. The van der Waals surface area contributed by atoms with Crippen LogP contribution in [0.2, 0.25) is 0 Å². The lowest BCUT2D eigenvalue weighted by atomic mass is 10.1. The largest absolute Gasteiger partial charge is 0.454 e. The van der Waals surface area contributed by atoms with Gasteiger partial charge in [0.2, 0.25) is 12.7 Å². The number of rotatable bonds is 6. The number of carbonyl (C=O) groups excluding carboxylic acids is 1. The molecule has 172 valence electrons. The summed E-state index contributed by atoms with van der Waals surface area (Å²) in [6.07, 6.45) is 0.243. The third-order valence-electron chi connectivity index (χ3n) is 5.76. The topological polar surface area (TPSA) is 103 Å². The zero-order chi connectivity index (χ0) is 23.7. The van der Waals surface area contributed by atoms with Crippen LogP contribution >= 0.6 is 0 Å². The Balaban J connectivity index is 1.19. The Morgan fingerprint density at radius 3 is 2.41 bits per heavy atom. The van der Waals surface area contributed by atoms with Gasteiger partial charge in [0.15, 0.2) is 23.1 Å². The molecule has 5 rings (SSSR count). The smallest absolute Gasteiger partial charge is 0.231 e. The highest BCUT2D eigenvalue weighted by Gasteiger charge is 2.15. The standard InChI is InChI=1S/C25H24N6O3/c1-15-16(2)30-31(17(15)3)24-11-10-23(28-29-24)26-19-5-7-20(8-6-19)27-25(32)13-18-4-9-21-22(12-18)34-14-33-21/h4-12H,13-14H2,1-3H3,(H,26,28)(H,27,32). The summed E-state index contributed by atoms with van der Waals surface area (Å²) >= 11 is 0. The maximum atomic E-state index is 12.4. The Hall–Kier alpha value is -4.40. The van der Waals surface area contributed by atoms with Crippen molar-refractivity contribution in [2.75, 3.05) is 17.4 Å². The second kappa shape index (κ2) is 8.86. The Kier molecular flexibility index (Phi) is 5.59. The highest BCUT2D eigenvalue weighted by Crippen LogP contribution is 2.32. The third kappa shape index (κ3) is 4.40. The minimum absolute atomic E-state index is 0.111. The monoisotopic (exact) mass is 456 g/mol. The summed E-state index contributed by atoms with van der Waals surface area (Å²) in [6.45, 7) is 6.25. The molecule has 1 amide bonds. The van der Waals surface area contributed by atoms with E-state index in [0.717, 1.165) is 28.2 Å². The summed E-state index contributed by atoms with van der Waals surface area (Å²) in [5.74, 6) is 2.54. The van der Waals surface area contributed by atoms with Crippen LogP contribution in [0.5, 0.6) is 11.5 Å². The number of nitrogens with one attached hydrogen (secondary N) is 2. The number of aromatic nitrogens is 4.